The quantitative estimate of drug-likeness (QED) is 0.853. The monoisotopic (exact) mass is 252 g/mol. The van der Waals surface area contributed by atoms with E-state index < -0.39 is 0 Å². The first-order chi connectivity index (χ1) is 7.81. The molecule has 0 aliphatic carbocycles. The molecule has 0 saturated heterocycles. The van der Waals surface area contributed by atoms with E-state index in [0.29, 0.717) is 11.6 Å². The maximum absolute atomic E-state index is 11.7. The molecular weight excluding hydrogens is 244 g/mol. The van der Waals surface area contributed by atoms with E-state index in [9.17, 15) is 4.79 Å². The van der Waals surface area contributed by atoms with E-state index in [-0.39, 0.29) is 5.91 Å². The highest BCUT2D eigenvalue weighted by atomic mass is 35.5. The SMILES string of the molecule is O=C(Nc1ccccc1CCl)c1cscn1. The van der Waals surface area contributed by atoms with Crippen LogP contribution >= 0.6 is 22.9 Å². The molecule has 1 aromatic heterocycles. The van der Waals surface area contributed by atoms with Gasteiger partial charge in [-0.15, -0.1) is 22.9 Å². The standard InChI is InChI=1S/C11H9ClN2OS/c12-5-8-3-1-2-4-9(8)14-11(15)10-6-16-7-13-10/h1-4,6-7H,5H2,(H,14,15). The van der Waals surface area contributed by atoms with Crippen LogP contribution in [0.15, 0.2) is 35.2 Å². The number of nitrogens with one attached hydrogen (secondary N) is 1. The summed E-state index contributed by atoms with van der Waals surface area (Å²) in [4.78, 5) is 15.7. The normalized spacial score (nSPS) is 10.1. The van der Waals surface area contributed by atoms with Crippen molar-refractivity contribution in [1.29, 1.82) is 0 Å². The van der Waals surface area contributed by atoms with E-state index in [1.165, 1.54) is 11.3 Å². The number of thiazole rings is 1. The number of carbonyl (C=O) groups excluding carboxylic acids is 1. The van der Waals surface area contributed by atoms with Gasteiger partial charge >= 0.3 is 0 Å². The summed E-state index contributed by atoms with van der Waals surface area (Å²) in [5, 5.41) is 4.49. The third-order valence-electron chi connectivity index (χ3n) is 2.07. The molecular formula is C11H9ClN2OS. The van der Waals surface area contributed by atoms with Gasteiger partial charge in [0.15, 0.2) is 0 Å². The van der Waals surface area contributed by atoms with Crippen molar-refractivity contribution >= 4 is 34.5 Å². The van der Waals surface area contributed by atoms with Gasteiger partial charge in [-0.3, -0.25) is 4.79 Å². The first-order valence-corrected chi connectivity index (χ1v) is 6.12. The van der Waals surface area contributed by atoms with Crippen LogP contribution in [0.4, 0.5) is 5.69 Å². The van der Waals surface area contributed by atoms with Gasteiger partial charge in [0.25, 0.3) is 5.91 Å². The second-order valence-electron chi connectivity index (χ2n) is 3.12. The van der Waals surface area contributed by atoms with E-state index in [4.69, 9.17) is 11.6 Å². The number of para-hydroxylation sites is 1. The predicted molar refractivity (Wildman–Crippen MR) is 66.1 cm³/mol. The Bertz CT molecular complexity index is 484. The average Bonchev–Trinajstić information content (AvgIpc) is 2.83. The van der Waals surface area contributed by atoms with Crippen molar-refractivity contribution in [2.75, 3.05) is 5.32 Å². The van der Waals surface area contributed by atoms with Gasteiger partial charge in [0.1, 0.15) is 5.69 Å². The molecule has 0 unspecified atom stereocenters. The number of alkyl halides is 1. The fourth-order valence-corrected chi connectivity index (χ4v) is 2.03. The van der Waals surface area contributed by atoms with Crippen molar-refractivity contribution < 1.29 is 4.79 Å². The van der Waals surface area contributed by atoms with Gasteiger partial charge < -0.3 is 5.32 Å². The third kappa shape index (κ3) is 2.40. The molecule has 1 heterocycles. The van der Waals surface area contributed by atoms with Crippen LogP contribution in [0, 0.1) is 0 Å². The van der Waals surface area contributed by atoms with Crippen LogP contribution in [0.2, 0.25) is 0 Å². The van der Waals surface area contributed by atoms with Crippen LogP contribution in [0.25, 0.3) is 0 Å². The highest BCUT2D eigenvalue weighted by Crippen LogP contribution is 2.17. The summed E-state index contributed by atoms with van der Waals surface area (Å²) in [6.45, 7) is 0. The van der Waals surface area contributed by atoms with Gasteiger partial charge in [0.05, 0.1) is 5.51 Å². The van der Waals surface area contributed by atoms with Crippen molar-refractivity contribution in [2.45, 2.75) is 5.88 Å². The molecule has 2 aromatic rings. The molecule has 2 rings (SSSR count). The smallest absolute Gasteiger partial charge is 0.275 e. The Kier molecular flexibility index (Phi) is 3.54. The molecule has 0 spiro atoms. The molecule has 1 aromatic carbocycles. The van der Waals surface area contributed by atoms with Crippen molar-refractivity contribution in [3.63, 3.8) is 0 Å². The van der Waals surface area contributed by atoms with Crippen LogP contribution in [0.1, 0.15) is 16.1 Å². The van der Waals surface area contributed by atoms with Gasteiger partial charge in [-0.2, -0.15) is 0 Å². The highest BCUT2D eigenvalue weighted by Gasteiger charge is 2.09. The lowest BCUT2D eigenvalue weighted by Crippen LogP contribution is -2.13. The summed E-state index contributed by atoms with van der Waals surface area (Å²) in [6, 6.07) is 7.44. The summed E-state index contributed by atoms with van der Waals surface area (Å²) in [5.74, 6) is 0.159. The van der Waals surface area contributed by atoms with E-state index in [1.807, 2.05) is 24.3 Å². The van der Waals surface area contributed by atoms with Crippen molar-refractivity contribution in [2.24, 2.45) is 0 Å². The van der Waals surface area contributed by atoms with Crippen LogP contribution < -0.4 is 5.32 Å². The molecule has 0 aliphatic heterocycles. The summed E-state index contributed by atoms with van der Waals surface area (Å²) < 4.78 is 0. The molecule has 16 heavy (non-hydrogen) atoms. The zero-order valence-electron chi connectivity index (χ0n) is 8.31. The van der Waals surface area contributed by atoms with E-state index in [0.717, 1.165) is 11.3 Å². The number of halogens is 1. The van der Waals surface area contributed by atoms with Gasteiger partial charge in [0, 0.05) is 16.9 Å². The van der Waals surface area contributed by atoms with E-state index in [1.54, 1.807) is 10.9 Å². The van der Waals surface area contributed by atoms with Crippen molar-refractivity contribution in [3.05, 3.63) is 46.4 Å². The Morgan fingerprint density at radius 2 is 2.25 bits per heavy atom. The lowest BCUT2D eigenvalue weighted by Gasteiger charge is -2.07. The molecule has 0 saturated carbocycles. The Morgan fingerprint density at radius 1 is 1.44 bits per heavy atom. The topological polar surface area (TPSA) is 42.0 Å². The molecule has 1 N–H and O–H groups in total. The number of anilines is 1. The van der Waals surface area contributed by atoms with Gasteiger partial charge in [-0.05, 0) is 11.6 Å². The number of aromatic nitrogens is 1. The Morgan fingerprint density at radius 3 is 2.94 bits per heavy atom. The summed E-state index contributed by atoms with van der Waals surface area (Å²) in [6.07, 6.45) is 0. The number of benzene rings is 1. The fourth-order valence-electron chi connectivity index (χ4n) is 1.27. The van der Waals surface area contributed by atoms with Crippen molar-refractivity contribution in [1.82, 2.24) is 4.98 Å². The van der Waals surface area contributed by atoms with Gasteiger partial charge in [-0.1, -0.05) is 18.2 Å². The Balaban J connectivity index is 2.18. The number of hydrogen-bond donors (Lipinski definition) is 1. The third-order valence-corrected chi connectivity index (χ3v) is 2.95. The molecule has 5 heteroatoms. The van der Waals surface area contributed by atoms with Gasteiger partial charge in [-0.25, -0.2) is 4.98 Å². The Hall–Kier alpha value is -1.39. The first-order valence-electron chi connectivity index (χ1n) is 4.64. The molecule has 0 fully saturated rings. The first kappa shape index (κ1) is 11.1. The van der Waals surface area contributed by atoms with Crippen LogP contribution in [-0.4, -0.2) is 10.9 Å². The number of nitrogens with zero attached hydrogens (tertiary/aromatic N) is 1. The van der Waals surface area contributed by atoms with E-state index in [2.05, 4.69) is 10.3 Å². The summed E-state index contributed by atoms with van der Waals surface area (Å²) in [7, 11) is 0. The molecule has 0 radical (unpaired) electrons. The molecule has 82 valence electrons. The number of rotatable bonds is 3. The van der Waals surface area contributed by atoms with Crippen LogP contribution in [0.5, 0.6) is 0 Å². The van der Waals surface area contributed by atoms with Crippen LogP contribution in [0.3, 0.4) is 0 Å². The second-order valence-corrected chi connectivity index (χ2v) is 4.10. The van der Waals surface area contributed by atoms with E-state index >= 15 is 0 Å². The fraction of sp³-hybridized carbons (Fsp3) is 0.0909. The van der Waals surface area contributed by atoms with Crippen molar-refractivity contribution in [3.8, 4) is 0 Å². The minimum atomic E-state index is -0.209. The molecule has 0 bridgehead atoms. The number of amides is 1. The zero-order chi connectivity index (χ0) is 11.4. The molecule has 0 aliphatic rings. The summed E-state index contributed by atoms with van der Waals surface area (Å²) >= 11 is 7.17. The zero-order valence-corrected chi connectivity index (χ0v) is 9.89. The van der Waals surface area contributed by atoms with Gasteiger partial charge in [0.2, 0.25) is 0 Å². The second kappa shape index (κ2) is 5.09. The maximum Gasteiger partial charge on any atom is 0.275 e. The lowest BCUT2D eigenvalue weighted by atomic mass is 10.2. The molecule has 1 amide bonds. The summed E-state index contributed by atoms with van der Waals surface area (Å²) in [5.41, 5.74) is 3.68. The van der Waals surface area contributed by atoms with Crippen LogP contribution in [-0.2, 0) is 5.88 Å². The number of hydrogen-bond acceptors (Lipinski definition) is 3. The largest absolute Gasteiger partial charge is 0.320 e. The minimum Gasteiger partial charge on any atom is -0.320 e. The predicted octanol–water partition coefficient (Wildman–Crippen LogP) is 3.13. The molecule has 3 nitrogen and oxygen atoms in total. The molecule has 0 atom stereocenters. The highest BCUT2D eigenvalue weighted by molar-refractivity contribution is 7.07. The maximum atomic E-state index is 11.7. The minimum absolute atomic E-state index is 0.209. The Labute approximate surface area is 102 Å². The average molecular weight is 253 g/mol. The lowest BCUT2D eigenvalue weighted by molar-refractivity contribution is 0.102. The number of carbonyl (C=O) groups is 1.